The maximum absolute atomic E-state index is 12.5. The molecule has 1 saturated heterocycles. The van der Waals surface area contributed by atoms with Gasteiger partial charge in [-0.25, -0.2) is 4.98 Å². The summed E-state index contributed by atoms with van der Waals surface area (Å²) in [5.74, 6) is 1.36. The quantitative estimate of drug-likeness (QED) is 0.733. The second kappa shape index (κ2) is 6.61. The van der Waals surface area contributed by atoms with Gasteiger partial charge in [0.05, 0.1) is 11.0 Å². The Bertz CT molecular complexity index is 833. The van der Waals surface area contributed by atoms with E-state index in [4.69, 9.17) is 4.98 Å². The molecule has 4 nitrogen and oxygen atoms in total. The van der Waals surface area contributed by atoms with Crippen LogP contribution in [0, 0.1) is 0 Å². The summed E-state index contributed by atoms with van der Waals surface area (Å²) in [6, 6.07) is 10.1. The summed E-state index contributed by atoms with van der Waals surface area (Å²) in [6.07, 6.45) is 5.66. The van der Waals surface area contributed by atoms with Crippen LogP contribution in [0.2, 0.25) is 0 Å². The van der Waals surface area contributed by atoms with Gasteiger partial charge in [-0.15, -0.1) is 0 Å². The third kappa shape index (κ3) is 3.12. The largest absolute Gasteiger partial charge is 0.342 e. The van der Waals surface area contributed by atoms with Crippen LogP contribution in [0.15, 0.2) is 47.2 Å². The first-order valence-corrected chi connectivity index (χ1v) is 9.18. The Morgan fingerprint density at radius 2 is 2.25 bits per heavy atom. The first-order chi connectivity index (χ1) is 11.8. The Balaban J connectivity index is 1.48. The van der Waals surface area contributed by atoms with Crippen LogP contribution < -0.4 is 0 Å². The fraction of sp³-hybridized carbons (Fsp3) is 0.263. The van der Waals surface area contributed by atoms with E-state index in [2.05, 4.69) is 4.98 Å². The smallest absolute Gasteiger partial charge is 0.246 e. The number of carbonyl (C=O) groups is 1. The van der Waals surface area contributed by atoms with E-state index in [0.29, 0.717) is 0 Å². The molecule has 0 radical (unpaired) electrons. The molecule has 5 heteroatoms. The molecule has 1 unspecified atom stereocenters. The number of likely N-dealkylation sites (tertiary alicyclic amines) is 1. The van der Waals surface area contributed by atoms with Crippen molar-refractivity contribution in [3.8, 4) is 0 Å². The molecule has 4 rings (SSSR count). The fourth-order valence-corrected chi connectivity index (χ4v) is 3.84. The van der Waals surface area contributed by atoms with E-state index in [-0.39, 0.29) is 11.8 Å². The number of aromatic nitrogens is 2. The van der Waals surface area contributed by atoms with Gasteiger partial charge in [0.25, 0.3) is 0 Å². The highest BCUT2D eigenvalue weighted by Crippen LogP contribution is 2.27. The van der Waals surface area contributed by atoms with Crippen molar-refractivity contribution in [3.05, 3.63) is 58.6 Å². The monoisotopic (exact) mass is 337 g/mol. The first kappa shape index (κ1) is 15.1. The predicted molar refractivity (Wildman–Crippen MR) is 98.0 cm³/mol. The zero-order valence-corrected chi connectivity index (χ0v) is 14.1. The van der Waals surface area contributed by atoms with E-state index in [9.17, 15) is 4.79 Å². The molecule has 0 spiro atoms. The number of fused-ring (bicyclic) bond motifs is 1. The van der Waals surface area contributed by atoms with Crippen molar-refractivity contribution < 1.29 is 4.79 Å². The number of hydrogen-bond acceptors (Lipinski definition) is 3. The molecule has 1 fully saturated rings. The lowest BCUT2D eigenvalue weighted by molar-refractivity contribution is -0.127. The van der Waals surface area contributed by atoms with Crippen LogP contribution in [0.3, 0.4) is 0 Å². The van der Waals surface area contributed by atoms with Crippen LogP contribution in [-0.4, -0.2) is 33.9 Å². The van der Waals surface area contributed by atoms with E-state index in [1.54, 1.807) is 17.4 Å². The van der Waals surface area contributed by atoms with Crippen LogP contribution in [-0.2, 0) is 4.79 Å². The van der Waals surface area contributed by atoms with Gasteiger partial charge in [-0.1, -0.05) is 12.1 Å². The number of rotatable bonds is 3. The minimum atomic E-state index is 0.0852. The minimum Gasteiger partial charge on any atom is -0.342 e. The highest BCUT2D eigenvalue weighted by molar-refractivity contribution is 7.08. The Morgan fingerprint density at radius 1 is 1.33 bits per heavy atom. The fourth-order valence-electron chi connectivity index (χ4n) is 3.21. The van der Waals surface area contributed by atoms with Gasteiger partial charge in [-0.2, -0.15) is 11.3 Å². The van der Waals surface area contributed by atoms with Gasteiger partial charge in [-0.05, 0) is 53.4 Å². The average molecular weight is 337 g/mol. The highest BCUT2D eigenvalue weighted by Gasteiger charge is 2.25. The summed E-state index contributed by atoms with van der Waals surface area (Å²) < 4.78 is 0. The minimum absolute atomic E-state index is 0.0852. The van der Waals surface area contributed by atoms with Crippen molar-refractivity contribution in [2.45, 2.75) is 18.8 Å². The summed E-state index contributed by atoms with van der Waals surface area (Å²) in [7, 11) is 0. The molecule has 3 heterocycles. The summed E-state index contributed by atoms with van der Waals surface area (Å²) in [4.78, 5) is 22.5. The number of para-hydroxylation sites is 2. The van der Waals surface area contributed by atoms with Crippen LogP contribution in [0.25, 0.3) is 17.1 Å². The van der Waals surface area contributed by atoms with Crippen LogP contribution in [0.4, 0.5) is 0 Å². The zero-order valence-electron chi connectivity index (χ0n) is 13.3. The molecule has 122 valence electrons. The number of imidazole rings is 1. The molecular formula is C19H19N3OS. The number of amides is 1. The Labute approximate surface area is 144 Å². The number of benzene rings is 1. The molecule has 1 aromatic carbocycles. The van der Waals surface area contributed by atoms with Crippen molar-refractivity contribution in [3.63, 3.8) is 0 Å². The molecular weight excluding hydrogens is 318 g/mol. The molecule has 1 N–H and O–H groups in total. The number of aromatic amines is 1. The third-order valence-corrected chi connectivity index (χ3v) is 5.19. The van der Waals surface area contributed by atoms with Gasteiger partial charge < -0.3 is 9.88 Å². The number of carbonyl (C=O) groups excluding carboxylic acids is 1. The van der Waals surface area contributed by atoms with E-state index in [1.165, 1.54) is 0 Å². The van der Waals surface area contributed by atoms with E-state index in [0.717, 1.165) is 48.4 Å². The first-order valence-electron chi connectivity index (χ1n) is 8.23. The van der Waals surface area contributed by atoms with Gasteiger partial charge in [0.1, 0.15) is 5.82 Å². The number of nitrogens with one attached hydrogen (secondary N) is 1. The molecule has 1 aliphatic rings. The molecule has 0 saturated carbocycles. The normalized spacial score (nSPS) is 18.5. The van der Waals surface area contributed by atoms with Crippen molar-refractivity contribution in [2.75, 3.05) is 13.1 Å². The second-order valence-corrected chi connectivity index (χ2v) is 6.93. The SMILES string of the molecule is O=C(/C=C/c1ccsc1)N1CCCC(c2nc3ccccc3[nH]2)C1. The van der Waals surface area contributed by atoms with Crippen LogP contribution in [0.5, 0.6) is 0 Å². The molecule has 0 bridgehead atoms. The van der Waals surface area contributed by atoms with E-state index >= 15 is 0 Å². The predicted octanol–water partition coefficient (Wildman–Crippen LogP) is 4.04. The van der Waals surface area contributed by atoms with E-state index < -0.39 is 0 Å². The molecule has 1 aliphatic heterocycles. The second-order valence-electron chi connectivity index (χ2n) is 6.15. The van der Waals surface area contributed by atoms with Gasteiger partial charge in [0, 0.05) is 25.1 Å². The summed E-state index contributed by atoms with van der Waals surface area (Å²) in [6.45, 7) is 1.55. The lowest BCUT2D eigenvalue weighted by Crippen LogP contribution is -2.38. The van der Waals surface area contributed by atoms with Crippen molar-refractivity contribution in [1.29, 1.82) is 0 Å². The Morgan fingerprint density at radius 3 is 3.08 bits per heavy atom. The molecule has 1 amide bonds. The summed E-state index contributed by atoms with van der Waals surface area (Å²) in [5, 5.41) is 4.06. The van der Waals surface area contributed by atoms with Crippen molar-refractivity contribution in [1.82, 2.24) is 14.9 Å². The molecule has 1 atom stereocenters. The lowest BCUT2D eigenvalue weighted by atomic mass is 9.97. The average Bonchev–Trinajstić information content (AvgIpc) is 3.29. The number of piperidine rings is 1. The van der Waals surface area contributed by atoms with Gasteiger partial charge in [0.15, 0.2) is 0 Å². The van der Waals surface area contributed by atoms with Gasteiger partial charge in [0.2, 0.25) is 5.91 Å². The molecule has 2 aromatic heterocycles. The van der Waals surface area contributed by atoms with Gasteiger partial charge in [-0.3, -0.25) is 4.79 Å². The number of hydrogen-bond donors (Lipinski definition) is 1. The zero-order chi connectivity index (χ0) is 16.4. The maximum Gasteiger partial charge on any atom is 0.246 e. The summed E-state index contributed by atoms with van der Waals surface area (Å²) in [5.41, 5.74) is 3.14. The summed E-state index contributed by atoms with van der Waals surface area (Å²) >= 11 is 1.64. The van der Waals surface area contributed by atoms with Crippen molar-refractivity contribution in [2.24, 2.45) is 0 Å². The number of nitrogens with zero attached hydrogens (tertiary/aromatic N) is 2. The van der Waals surface area contributed by atoms with Crippen molar-refractivity contribution >= 4 is 34.4 Å². The number of H-pyrrole nitrogens is 1. The molecule has 0 aliphatic carbocycles. The van der Waals surface area contributed by atoms with Crippen LogP contribution >= 0.6 is 11.3 Å². The molecule has 3 aromatic rings. The van der Waals surface area contributed by atoms with Gasteiger partial charge >= 0.3 is 0 Å². The third-order valence-electron chi connectivity index (χ3n) is 4.49. The maximum atomic E-state index is 12.5. The molecule has 24 heavy (non-hydrogen) atoms. The van der Waals surface area contributed by atoms with Crippen LogP contribution in [0.1, 0.15) is 30.1 Å². The number of thiophene rings is 1. The standard InChI is InChI=1S/C19H19N3OS/c23-18(8-7-14-9-11-24-13-14)22-10-3-4-15(12-22)19-20-16-5-1-2-6-17(16)21-19/h1-2,5-9,11,13,15H,3-4,10,12H2,(H,20,21)/b8-7+. The Kier molecular flexibility index (Phi) is 4.17. The highest BCUT2D eigenvalue weighted by atomic mass is 32.1. The lowest BCUT2D eigenvalue weighted by Gasteiger charge is -2.31. The Hall–Kier alpha value is -2.40. The van der Waals surface area contributed by atoms with E-state index in [1.807, 2.05) is 52.1 Å². The topological polar surface area (TPSA) is 49.0 Å².